The van der Waals surface area contributed by atoms with Crippen LogP contribution in [0.15, 0.2) is 58.3 Å². The maximum atomic E-state index is 13.5. The van der Waals surface area contributed by atoms with Crippen LogP contribution in [0, 0.1) is 0 Å². The van der Waals surface area contributed by atoms with E-state index in [1.165, 1.54) is 9.80 Å². The zero-order chi connectivity index (χ0) is 31.0. The number of carbonyl (C=O) groups excluding carboxylic acids is 4. The summed E-state index contributed by atoms with van der Waals surface area (Å²) in [6.45, 7) is 11.5. The largest absolute Gasteiger partial charge is 0.351 e. The average molecular weight is 641 g/mol. The summed E-state index contributed by atoms with van der Waals surface area (Å²) in [5, 5.41) is 5.86. The van der Waals surface area contributed by atoms with Crippen LogP contribution < -0.4 is 20.4 Å². The van der Waals surface area contributed by atoms with Gasteiger partial charge in [0.2, 0.25) is 11.8 Å². The van der Waals surface area contributed by atoms with Crippen LogP contribution in [0.2, 0.25) is 0 Å². The first-order valence-electron chi connectivity index (χ1n) is 13.2. The Morgan fingerprint density at radius 2 is 0.952 bits per heavy atom. The van der Waals surface area contributed by atoms with Crippen LogP contribution in [-0.4, -0.2) is 43.3 Å². The van der Waals surface area contributed by atoms with Gasteiger partial charge in [-0.3, -0.25) is 29.0 Å². The summed E-state index contributed by atoms with van der Waals surface area (Å²) >= 11 is 13.2. The lowest BCUT2D eigenvalue weighted by Gasteiger charge is -2.20. The molecule has 0 bridgehead atoms. The maximum absolute atomic E-state index is 13.5. The lowest BCUT2D eigenvalue weighted by Crippen LogP contribution is -2.41. The van der Waals surface area contributed by atoms with Crippen molar-refractivity contribution in [1.82, 2.24) is 10.6 Å². The fraction of sp³-hybridized carbons (Fsp3) is 0.333. The number of anilines is 2. The Balaban J connectivity index is 1.48. The molecule has 8 nitrogen and oxygen atoms in total. The van der Waals surface area contributed by atoms with Gasteiger partial charge in [0.1, 0.15) is 0 Å². The fourth-order valence-electron chi connectivity index (χ4n) is 4.28. The number of thiocarbonyl (C=S) groups is 2. The molecule has 0 unspecified atom stereocenters. The third-order valence-electron chi connectivity index (χ3n) is 5.89. The van der Waals surface area contributed by atoms with Crippen LogP contribution >= 0.6 is 48.0 Å². The molecule has 220 valence electrons. The molecule has 12 heteroatoms. The predicted octanol–water partition coefficient (Wildman–Crippen LogP) is 5.24. The van der Waals surface area contributed by atoms with Crippen molar-refractivity contribution >= 4 is 91.6 Å². The first-order valence-corrected chi connectivity index (χ1v) is 15.6. The van der Waals surface area contributed by atoms with E-state index in [0.29, 0.717) is 20.0 Å². The zero-order valence-electron chi connectivity index (χ0n) is 24.2. The van der Waals surface area contributed by atoms with Crippen molar-refractivity contribution in [3.63, 3.8) is 0 Å². The van der Waals surface area contributed by atoms with Gasteiger partial charge in [0.25, 0.3) is 11.8 Å². The molecule has 2 heterocycles. The smallest absolute Gasteiger partial charge is 0.272 e. The molecule has 2 aliphatic rings. The molecule has 2 aromatic rings. The Morgan fingerprint density at radius 1 is 0.643 bits per heavy atom. The van der Waals surface area contributed by atoms with Crippen molar-refractivity contribution in [2.24, 2.45) is 0 Å². The van der Waals surface area contributed by atoms with Gasteiger partial charge in [-0.05, 0) is 76.9 Å². The van der Waals surface area contributed by atoms with E-state index >= 15 is 0 Å². The number of thioether (sulfide) groups is 2. The van der Waals surface area contributed by atoms with E-state index in [-0.39, 0.29) is 45.5 Å². The molecule has 4 rings (SSSR count). The predicted molar refractivity (Wildman–Crippen MR) is 178 cm³/mol. The minimum absolute atomic E-state index is 0.0939. The lowest BCUT2D eigenvalue weighted by atomic mass is 10.1. The molecule has 2 aliphatic heterocycles. The third kappa shape index (κ3) is 7.66. The Labute approximate surface area is 265 Å². The van der Waals surface area contributed by atoms with Crippen LogP contribution in [0.5, 0.6) is 0 Å². The first kappa shape index (κ1) is 31.9. The molecular weight excluding hydrogens is 609 g/mol. The summed E-state index contributed by atoms with van der Waals surface area (Å²) in [4.78, 5) is 54.8. The topological polar surface area (TPSA) is 98.8 Å². The van der Waals surface area contributed by atoms with Gasteiger partial charge in [-0.1, -0.05) is 72.2 Å². The van der Waals surface area contributed by atoms with Crippen LogP contribution in [0.4, 0.5) is 11.4 Å². The summed E-state index contributed by atoms with van der Waals surface area (Å²) in [6.07, 6.45) is 0.424. The lowest BCUT2D eigenvalue weighted by molar-refractivity contribution is -0.122. The van der Waals surface area contributed by atoms with Gasteiger partial charge in [-0.25, -0.2) is 0 Å². The molecule has 2 saturated heterocycles. The van der Waals surface area contributed by atoms with Crippen molar-refractivity contribution in [3.05, 3.63) is 69.5 Å². The number of nitrogens with zero attached hydrogens (tertiary/aromatic N) is 2. The van der Waals surface area contributed by atoms with E-state index in [9.17, 15) is 19.2 Å². The summed E-state index contributed by atoms with van der Waals surface area (Å²) in [5.41, 5.74) is 2.05. The van der Waals surface area contributed by atoms with Gasteiger partial charge < -0.3 is 10.6 Å². The van der Waals surface area contributed by atoms with E-state index < -0.39 is 11.8 Å². The molecule has 42 heavy (non-hydrogen) atoms. The molecule has 0 saturated carbocycles. The van der Waals surface area contributed by atoms with E-state index in [1.54, 1.807) is 48.5 Å². The SMILES string of the molecule is CC(C)(C)NC(=O)Cc1ccc(N2C(=O)C(=C3SC(=S)N(c4ccc(CC(=O)NC(C)(C)C)cc4)C3=O)SC2=S)cc1. The zero-order valence-corrected chi connectivity index (χ0v) is 27.5. The second-order valence-electron chi connectivity index (χ2n) is 12.0. The summed E-state index contributed by atoms with van der Waals surface area (Å²) in [5.74, 6) is -0.986. The molecule has 0 atom stereocenters. The van der Waals surface area contributed by atoms with Crippen LogP contribution in [-0.2, 0) is 32.0 Å². The second-order valence-corrected chi connectivity index (χ2v) is 15.2. The standard InChI is InChI=1S/C30H32N4O4S4/c1-29(2,3)31-21(35)15-17-7-11-19(12-8-17)33-25(37)23(41-27(33)39)24-26(38)34(28(40)42-24)20-13-9-18(10-14-20)16-22(36)32-30(4,5)6/h7-14H,15-16H2,1-6H3,(H,31,35)(H,32,36). The molecular formula is C30H32N4O4S4. The van der Waals surface area contributed by atoms with Gasteiger partial charge in [0.15, 0.2) is 8.64 Å². The Morgan fingerprint density at radius 3 is 1.24 bits per heavy atom. The molecule has 0 aliphatic carbocycles. The highest BCUT2D eigenvalue weighted by molar-refractivity contribution is 8.30. The van der Waals surface area contributed by atoms with Crippen LogP contribution in [0.1, 0.15) is 52.7 Å². The Kier molecular flexibility index (Phi) is 9.31. The van der Waals surface area contributed by atoms with Gasteiger partial charge in [-0.2, -0.15) is 0 Å². The highest BCUT2D eigenvalue weighted by Gasteiger charge is 2.43. The first-order chi connectivity index (χ1) is 19.5. The molecule has 0 radical (unpaired) electrons. The number of nitrogens with one attached hydrogen (secondary N) is 2. The molecule has 2 fully saturated rings. The second kappa shape index (κ2) is 12.3. The molecule has 2 N–H and O–H groups in total. The molecule has 0 aromatic heterocycles. The number of carbonyl (C=O) groups is 4. The van der Waals surface area contributed by atoms with E-state index in [2.05, 4.69) is 10.6 Å². The van der Waals surface area contributed by atoms with E-state index in [0.717, 1.165) is 34.7 Å². The minimum atomic E-state index is -0.399. The number of rotatable bonds is 6. The molecule has 0 spiro atoms. The Hall–Kier alpha value is -3.06. The number of amides is 4. The fourth-order valence-corrected chi connectivity index (χ4v) is 7.03. The maximum Gasteiger partial charge on any atom is 0.272 e. The normalized spacial score (nSPS) is 17.8. The summed E-state index contributed by atoms with van der Waals surface area (Å²) in [6, 6.07) is 14.1. The summed E-state index contributed by atoms with van der Waals surface area (Å²) < 4.78 is 0.604. The van der Waals surface area contributed by atoms with Gasteiger partial charge in [0.05, 0.1) is 34.0 Å². The van der Waals surface area contributed by atoms with E-state index in [4.69, 9.17) is 24.4 Å². The van der Waals surface area contributed by atoms with Gasteiger partial charge in [-0.15, -0.1) is 0 Å². The average Bonchev–Trinajstić information content (AvgIpc) is 3.31. The van der Waals surface area contributed by atoms with Gasteiger partial charge >= 0.3 is 0 Å². The van der Waals surface area contributed by atoms with Crippen molar-refractivity contribution < 1.29 is 19.2 Å². The highest BCUT2D eigenvalue weighted by Crippen LogP contribution is 2.44. The number of benzene rings is 2. The van der Waals surface area contributed by atoms with Crippen molar-refractivity contribution in [3.8, 4) is 0 Å². The quantitative estimate of drug-likeness (QED) is 0.327. The summed E-state index contributed by atoms with van der Waals surface area (Å²) in [7, 11) is 0. The molecule has 4 amide bonds. The minimum Gasteiger partial charge on any atom is -0.351 e. The van der Waals surface area contributed by atoms with E-state index in [1.807, 2.05) is 41.5 Å². The number of hydrogen-bond acceptors (Lipinski definition) is 8. The number of hydrogen-bond donors (Lipinski definition) is 2. The van der Waals surface area contributed by atoms with Gasteiger partial charge in [0, 0.05) is 11.1 Å². The van der Waals surface area contributed by atoms with Crippen molar-refractivity contribution in [2.45, 2.75) is 65.5 Å². The monoisotopic (exact) mass is 640 g/mol. The van der Waals surface area contributed by atoms with Crippen LogP contribution in [0.25, 0.3) is 0 Å². The van der Waals surface area contributed by atoms with Crippen molar-refractivity contribution in [2.75, 3.05) is 9.80 Å². The molecule has 2 aromatic carbocycles. The third-order valence-corrected chi connectivity index (χ3v) is 8.77. The van der Waals surface area contributed by atoms with Crippen LogP contribution in [0.3, 0.4) is 0 Å². The van der Waals surface area contributed by atoms with Crippen molar-refractivity contribution in [1.29, 1.82) is 0 Å². The highest BCUT2D eigenvalue weighted by atomic mass is 32.2. The Bertz CT molecular complexity index is 1390.